The van der Waals surface area contributed by atoms with Crippen LogP contribution < -0.4 is 14.2 Å². The van der Waals surface area contributed by atoms with E-state index in [4.69, 9.17) is 49.0 Å². The Morgan fingerprint density at radius 2 is 1.18 bits per heavy atom. The zero-order valence-electron chi connectivity index (χ0n) is 44.3. The van der Waals surface area contributed by atoms with Crippen LogP contribution in [-0.4, -0.2) is 135 Å². The molecule has 0 spiro atoms. The fourth-order valence-electron chi connectivity index (χ4n) is 11.0. The largest absolute Gasteiger partial charge is 0.493 e. The van der Waals surface area contributed by atoms with Gasteiger partial charge in [-0.15, -0.1) is 0 Å². The quantitative estimate of drug-likeness (QED) is 0.0717. The molecule has 6 fully saturated rings. The van der Waals surface area contributed by atoms with Crippen molar-refractivity contribution >= 4 is 58.6 Å². The molecule has 0 radical (unpaired) electrons. The van der Waals surface area contributed by atoms with Crippen LogP contribution in [0.15, 0.2) is 48.7 Å². The van der Waals surface area contributed by atoms with E-state index in [1.807, 2.05) is 19.9 Å². The number of carbonyl (C=O) groups is 4. The van der Waals surface area contributed by atoms with Gasteiger partial charge in [0.25, 0.3) is 11.8 Å². The number of aliphatic carboxylic acids is 2. The number of carboxylic acid groups (broad SMARTS) is 2. The van der Waals surface area contributed by atoms with Crippen LogP contribution >= 0.6 is 34.8 Å². The molecular formula is C58H66Cl3F4N5O9. The highest BCUT2D eigenvalue weighted by Gasteiger charge is 2.40. The normalized spacial score (nSPS) is 20.7. The topological polar surface area (TPSA) is 162 Å². The summed E-state index contributed by atoms with van der Waals surface area (Å²) in [7, 11) is 0. The first-order valence-electron chi connectivity index (χ1n) is 27.3. The van der Waals surface area contributed by atoms with Gasteiger partial charge in [-0.05, 0) is 174 Å². The summed E-state index contributed by atoms with van der Waals surface area (Å²) < 4.78 is 77.6. The van der Waals surface area contributed by atoms with Crippen molar-refractivity contribution in [2.75, 3.05) is 52.5 Å². The number of alkyl halides is 1. The Bertz CT molecular complexity index is 2920. The zero-order chi connectivity index (χ0) is 56.3. The van der Waals surface area contributed by atoms with Gasteiger partial charge in [0, 0.05) is 62.6 Å². The van der Waals surface area contributed by atoms with Crippen molar-refractivity contribution in [2.45, 2.75) is 140 Å². The molecular weight excluding hydrogens is 1090 g/mol. The molecule has 14 nitrogen and oxygen atoms in total. The molecule has 4 aliphatic heterocycles. The summed E-state index contributed by atoms with van der Waals surface area (Å²) in [5, 5.41) is 19.8. The van der Waals surface area contributed by atoms with Gasteiger partial charge in [0.05, 0.1) is 28.9 Å². The fourth-order valence-corrected chi connectivity index (χ4v) is 11.7. The van der Waals surface area contributed by atoms with Gasteiger partial charge in [0.2, 0.25) is 5.88 Å². The molecule has 0 bridgehead atoms. The van der Waals surface area contributed by atoms with Crippen LogP contribution in [0.4, 0.5) is 17.6 Å². The molecule has 2 aliphatic carbocycles. The van der Waals surface area contributed by atoms with Crippen LogP contribution in [0.1, 0.15) is 146 Å². The molecule has 10 rings (SSSR count). The highest BCUT2D eigenvalue weighted by Crippen LogP contribution is 2.47. The number of piperidine rings is 2. The number of ether oxygens (including phenoxy) is 3. The first-order valence-corrected chi connectivity index (χ1v) is 28.5. The maximum absolute atomic E-state index is 15.8. The molecule has 2 N–H and O–H groups in total. The summed E-state index contributed by atoms with van der Waals surface area (Å²) in [5.74, 6) is -3.60. The molecule has 6 aliphatic rings. The average Bonchev–Trinajstić information content (AvgIpc) is 4.50. The zero-order valence-corrected chi connectivity index (χ0v) is 46.5. The van der Waals surface area contributed by atoms with E-state index in [-0.39, 0.29) is 71.8 Å². The Balaban J connectivity index is 0.000000192. The second-order valence-corrected chi connectivity index (χ2v) is 23.4. The Hall–Kier alpha value is -5.40. The summed E-state index contributed by atoms with van der Waals surface area (Å²) in [4.78, 5) is 60.3. The van der Waals surface area contributed by atoms with Crippen molar-refractivity contribution < 1.29 is 61.2 Å². The number of hydrogen-bond donors (Lipinski definition) is 2. The van der Waals surface area contributed by atoms with Gasteiger partial charge in [0.1, 0.15) is 58.3 Å². The lowest BCUT2D eigenvalue weighted by Gasteiger charge is -2.36. The van der Waals surface area contributed by atoms with Gasteiger partial charge in [-0.2, -0.15) is 0 Å². The van der Waals surface area contributed by atoms with Crippen LogP contribution in [0.3, 0.4) is 0 Å². The van der Waals surface area contributed by atoms with Gasteiger partial charge >= 0.3 is 11.9 Å². The first kappa shape index (κ1) is 58.3. The smallest absolute Gasteiger partial charge is 0.326 e. The van der Waals surface area contributed by atoms with E-state index in [2.05, 4.69) is 14.8 Å². The van der Waals surface area contributed by atoms with Gasteiger partial charge in [-0.1, -0.05) is 34.8 Å². The van der Waals surface area contributed by atoms with Gasteiger partial charge in [-0.25, -0.2) is 32.1 Å². The van der Waals surface area contributed by atoms with E-state index in [0.717, 1.165) is 68.8 Å². The number of carboxylic acids is 2. The SMILES string of the molecule is CC(C)Oc1ncc(CN2CCC(F)(COc3cc(F)c(C(=O)N4CCC[C@H]4C(=O)O)cc3C3CC3)CC2)cc1Cl.O=C(O)[C@@H]1CCCN1C(=O)c1cc(C2CC2)c(OCC2CCN(Cc3cc(F)c(Cl)cc3Cl)CC2)cc1F. The predicted octanol–water partition coefficient (Wildman–Crippen LogP) is 11.7. The second-order valence-electron chi connectivity index (χ2n) is 22.2. The summed E-state index contributed by atoms with van der Waals surface area (Å²) in [6.07, 6.45) is 9.45. The highest BCUT2D eigenvalue weighted by atomic mass is 35.5. The maximum atomic E-state index is 15.8. The minimum absolute atomic E-state index is 0.00881. The molecule has 2 atom stereocenters. The number of halogens is 7. The fraction of sp³-hybridized carbons (Fsp3) is 0.534. The number of rotatable bonds is 18. The van der Waals surface area contributed by atoms with Crippen molar-refractivity contribution in [3.63, 3.8) is 0 Å². The Morgan fingerprint density at radius 3 is 1.68 bits per heavy atom. The third-order valence-electron chi connectivity index (χ3n) is 15.8. The monoisotopic (exact) mass is 1160 g/mol. The number of nitrogens with zero attached hydrogens (tertiary/aromatic N) is 5. The molecule has 79 heavy (non-hydrogen) atoms. The van der Waals surface area contributed by atoms with Crippen LogP contribution in [0.5, 0.6) is 17.4 Å². The van der Waals surface area contributed by atoms with Crippen molar-refractivity contribution in [3.8, 4) is 17.4 Å². The van der Waals surface area contributed by atoms with E-state index in [9.17, 15) is 33.8 Å². The molecule has 426 valence electrons. The van der Waals surface area contributed by atoms with Gasteiger partial charge < -0.3 is 34.2 Å². The van der Waals surface area contributed by atoms with E-state index < -0.39 is 59.0 Å². The molecule has 3 aromatic carbocycles. The van der Waals surface area contributed by atoms with Crippen molar-refractivity contribution in [3.05, 3.63) is 115 Å². The maximum Gasteiger partial charge on any atom is 0.326 e. The van der Waals surface area contributed by atoms with E-state index in [0.29, 0.717) is 97.8 Å². The predicted molar refractivity (Wildman–Crippen MR) is 289 cm³/mol. The Morgan fingerprint density at radius 1 is 0.646 bits per heavy atom. The van der Waals surface area contributed by atoms with Crippen molar-refractivity contribution in [1.82, 2.24) is 24.6 Å². The molecule has 4 aromatic rings. The average molecular weight is 1160 g/mol. The molecule has 4 saturated heterocycles. The lowest BCUT2D eigenvalue weighted by atomic mass is 9.94. The molecule has 2 amide bonds. The van der Waals surface area contributed by atoms with Crippen LogP contribution in [-0.2, 0) is 22.7 Å². The third kappa shape index (κ3) is 14.4. The number of benzene rings is 3. The summed E-state index contributed by atoms with van der Waals surface area (Å²) >= 11 is 18.3. The second kappa shape index (κ2) is 25.2. The molecule has 21 heteroatoms. The van der Waals surface area contributed by atoms with Crippen LogP contribution in [0.2, 0.25) is 15.1 Å². The summed E-state index contributed by atoms with van der Waals surface area (Å²) in [6, 6.07) is 8.26. The van der Waals surface area contributed by atoms with Crippen LogP contribution in [0.25, 0.3) is 0 Å². The first-order chi connectivity index (χ1) is 37.7. The molecule has 2 saturated carbocycles. The number of aromatic nitrogens is 1. The lowest BCUT2D eigenvalue weighted by Crippen LogP contribution is -2.44. The number of hydrogen-bond acceptors (Lipinski definition) is 10. The van der Waals surface area contributed by atoms with Crippen molar-refractivity contribution in [2.24, 2.45) is 5.92 Å². The summed E-state index contributed by atoms with van der Waals surface area (Å²) in [6.45, 7) is 8.35. The molecule has 5 heterocycles. The van der Waals surface area contributed by atoms with E-state index in [1.54, 1.807) is 12.3 Å². The Kier molecular flexibility index (Phi) is 18.6. The van der Waals surface area contributed by atoms with E-state index in [1.165, 1.54) is 34.1 Å². The highest BCUT2D eigenvalue weighted by molar-refractivity contribution is 6.35. The number of amides is 2. The standard InChI is InChI=1S/C30H36ClF2N3O5.C28H30Cl2F2N2O4/c1-18(2)41-27-23(31)12-19(15-34-27)16-35-10-7-30(33,8-11-35)17-40-26-14-24(32)22(13-21(26)20-5-6-20)28(37)36-9-3-4-25(36)29(38)39;29-21-12-22(30)24(32)10-18(21)14-33-8-5-16(6-9-33)15-38-26-13-23(31)20(11-19(26)17-3-4-17)27(35)34-7-1-2-25(34)28(36)37/h12-15,18,20,25H,3-11,16-17H2,1-2H3,(H,38,39);10-13,16-17,25H,1-9,14-15H2,(H,36,37)/t2*25-/m00/s1. The number of likely N-dealkylation sites (tertiary alicyclic amines) is 4. The third-order valence-corrected chi connectivity index (χ3v) is 16.7. The molecule has 1 aromatic heterocycles. The van der Waals surface area contributed by atoms with E-state index >= 15 is 13.2 Å². The minimum Gasteiger partial charge on any atom is -0.493 e. The lowest BCUT2D eigenvalue weighted by molar-refractivity contribution is -0.142. The minimum atomic E-state index is -1.57. The molecule has 0 unspecified atom stereocenters. The number of carbonyl (C=O) groups excluding carboxylic acids is 2. The Labute approximate surface area is 472 Å². The number of pyridine rings is 1. The van der Waals surface area contributed by atoms with Crippen molar-refractivity contribution in [1.29, 1.82) is 0 Å². The van der Waals surface area contributed by atoms with Crippen LogP contribution in [0, 0.1) is 23.4 Å². The summed E-state index contributed by atoms with van der Waals surface area (Å²) in [5.41, 5.74) is 1.29. The van der Waals surface area contributed by atoms with Gasteiger partial charge in [0.15, 0.2) is 0 Å². The van der Waals surface area contributed by atoms with Gasteiger partial charge in [-0.3, -0.25) is 19.4 Å².